The van der Waals surface area contributed by atoms with Gasteiger partial charge in [-0.05, 0) is 25.5 Å². The number of halogens is 1. The van der Waals surface area contributed by atoms with Crippen LogP contribution >= 0.6 is 0 Å². The Kier molecular flexibility index (Phi) is 4.25. The summed E-state index contributed by atoms with van der Waals surface area (Å²) in [5, 5.41) is 14.4. The van der Waals surface area contributed by atoms with Gasteiger partial charge >= 0.3 is 5.97 Å². The highest BCUT2D eigenvalue weighted by molar-refractivity contribution is 5.97. The fourth-order valence-corrected chi connectivity index (χ4v) is 5.04. The zero-order valence-corrected chi connectivity index (χ0v) is 16.8. The van der Waals surface area contributed by atoms with Crippen molar-refractivity contribution in [3.05, 3.63) is 46.0 Å². The van der Waals surface area contributed by atoms with Gasteiger partial charge in [0.15, 0.2) is 18.3 Å². The number of hydrogen-bond acceptors (Lipinski definition) is 6. The number of nitrogens with zero attached hydrogens (tertiary/aromatic N) is 3. The van der Waals surface area contributed by atoms with Gasteiger partial charge in [-0.1, -0.05) is 12.2 Å². The Balaban J connectivity index is 1.69. The second-order valence-corrected chi connectivity index (χ2v) is 8.18. The first-order valence-electron chi connectivity index (χ1n) is 9.99. The third kappa shape index (κ3) is 2.61. The van der Waals surface area contributed by atoms with Crippen LogP contribution in [-0.4, -0.2) is 55.7 Å². The molecule has 3 aliphatic rings. The summed E-state index contributed by atoms with van der Waals surface area (Å²) >= 11 is 0. The van der Waals surface area contributed by atoms with Gasteiger partial charge in [0.05, 0.1) is 5.39 Å². The number of benzene rings is 1. The van der Waals surface area contributed by atoms with Crippen LogP contribution in [0, 0.1) is 17.7 Å². The van der Waals surface area contributed by atoms with Crippen LogP contribution in [0.3, 0.4) is 0 Å². The zero-order chi connectivity index (χ0) is 21.2. The van der Waals surface area contributed by atoms with Gasteiger partial charge in [-0.15, -0.1) is 0 Å². The number of aromatic carboxylic acids is 1. The lowest BCUT2D eigenvalue weighted by Crippen LogP contribution is -2.40. The molecule has 0 radical (unpaired) electrons. The second-order valence-electron chi connectivity index (χ2n) is 8.18. The number of hydrogen-bond donors (Lipinski definition) is 2. The average Bonchev–Trinajstić information content (AvgIpc) is 3.15. The van der Waals surface area contributed by atoms with Crippen LogP contribution in [0.2, 0.25) is 0 Å². The van der Waals surface area contributed by atoms with Crippen molar-refractivity contribution in [2.75, 3.05) is 43.8 Å². The molecular weight excluding hydrogens is 391 g/mol. The average molecular weight is 414 g/mol. The van der Waals surface area contributed by atoms with Crippen LogP contribution in [-0.2, 0) is 0 Å². The number of aromatic nitrogens is 1. The predicted octanol–water partition coefficient (Wildman–Crippen LogP) is 1.36. The maximum absolute atomic E-state index is 15.4. The lowest BCUT2D eigenvalue weighted by atomic mass is 9.83. The molecule has 2 N–H and O–H groups in total. The maximum Gasteiger partial charge on any atom is 0.341 e. The third-order valence-electron chi connectivity index (χ3n) is 6.54. The molecule has 8 nitrogen and oxygen atoms in total. The van der Waals surface area contributed by atoms with Crippen LogP contribution in [0.1, 0.15) is 16.8 Å². The van der Waals surface area contributed by atoms with Crippen molar-refractivity contribution in [2.45, 2.75) is 12.5 Å². The largest absolute Gasteiger partial charge is 0.477 e. The van der Waals surface area contributed by atoms with E-state index in [4.69, 9.17) is 4.74 Å². The highest BCUT2D eigenvalue weighted by Crippen LogP contribution is 2.44. The summed E-state index contributed by atoms with van der Waals surface area (Å²) in [6.07, 6.45) is 6.59. The van der Waals surface area contributed by atoms with Gasteiger partial charge in [0.2, 0.25) is 5.43 Å². The van der Waals surface area contributed by atoms with E-state index < -0.39 is 22.8 Å². The Hall–Kier alpha value is -3.07. The molecule has 2 aliphatic heterocycles. The standard InChI is InChI=1S/C21H23FN4O4/c1-23-16-5-3-4-11-7-25(8-13(11)16)18-15(22)6-12-17-20(18)30-10-24(2)26(17)9-14(19(12)27)21(28)29/h3-4,6,9,11,13,16,23H,5,7-8,10H2,1-2H3,(H,28,29). The summed E-state index contributed by atoms with van der Waals surface area (Å²) in [6.45, 7) is 1.44. The molecule has 1 aromatic carbocycles. The lowest BCUT2D eigenvalue weighted by molar-refractivity contribution is 0.0694. The molecule has 1 aliphatic carbocycles. The van der Waals surface area contributed by atoms with Gasteiger partial charge in [0, 0.05) is 38.3 Å². The van der Waals surface area contributed by atoms with E-state index in [2.05, 4.69) is 17.5 Å². The van der Waals surface area contributed by atoms with Crippen LogP contribution in [0.25, 0.3) is 10.9 Å². The summed E-state index contributed by atoms with van der Waals surface area (Å²) in [4.78, 5) is 26.2. The molecule has 2 aromatic rings. The zero-order valence-electron chi connectivity index (χ0n) is 16.8. The fourth-order valence-electron chi connectivity index (χ4n) is 5.04. The number of rotatable bonds is 3. The number of nitrogens with one attached hydrogen (secondary N) is 1. The molecule has 0 saturated carbocycles. The molecule has 0 amide bonds. The molecule has 30 heavy (non-hydrogen) atoms. The Bertz CT molecular complexity index is 1140. The van der Waals surface area contributed by atoms with E-state index in [1.807, 2.05) is 11.9 Å². The third-order valence-corrected chi connectivity index (χ3v) is 6.54. The lowest BCUT2D eigenvalue weighted by Gasteiger charge is -2.33. The molecule has 3 unspecified atom stereocenters. The Morgan fingerprint density at radius 3 is 2.90 bits per heavy atom. The molecule has 5 rings (SSSR count). The van der Waals surface area contributed by atoms with Crippen molar-refractivity contribution in [3.63, 3.8) is 0 Å². The summed E-state index contributed by atoms with van der Waals surface area (Å²) in [5.74, 6) is -0.964. The number of pyridine rings is 1. The van der Waals surface area contributed by atoms with E-state index in [0.29, 0.717) is 47.9 Å². The molecule has 0 spiro atoms. The molecule has 1 fully saturated rings. The van der Waals surface area contributed by atoms with Gasteiger partial charge < -0.3 is 20.1 Å². The highest BCUT2D eigenvalue weighted by Gasteiger charge is 2.40. The van der Waals surface area contributed by atoms with Crippen molar-refractivity contribution < 1.29 is 19.0 Å². The summed E-state index contributed by atoms with van der Waals surface area (Å²) in [6, 6.07) is 1.48. The van der Waals surface area contributed by atoms with Crippen LogP contribution in [0.5, 0.6) is 5.75 Å². The van der Waals surface area contributed by atoms with Crippen LogP contribution in [0.15, 0.2) is 29.2 Å². The SMILES string of the molecule is CNC1CC=CC2CN(c3c(F)cc4c(=O)c(C(=O)O)cn5c4c3OCN5C)CC21. The van der Waals surface area contributed by atoms with Crippen molar-refractivity contribution in [1.82, 2.24) is 9.99 Å². The molecule has 158 valence electrons. The van der Waals surface area contributed by atoms with E-state index in [9.17, 15) is 14.7 Å². The fraction of sp³-hybridized carbons (Fsp3) is 0.429. The van der Waals surface area contributed by atoms with Gasteiger partial charge in [-0.25, -0.2) is 9.18 Å². The van der Waals surface area contributed by atoms with Crippen molar-refractivity contribution in [3.8, 4) is 5.75 Å². The number of anilines is 1. The van der Waals surface area contributed by atoms with Gasteiger partial charge in [-0.2, -0.15) is 0 Å². The summed E-state index contributed by atoms with van der Waals surface area (Å²) in [7, 11) is 3.66. The van der Waals surface area contributed by atoms with Crippen LogP contribution in [0.4, 0.5) is 10.1 Å². The van der Waals surface area contributed by atoms with E-state index in [1.54, 1.807) is 16.7 Å². The van der Waals surface area contributed by atoms with E-state index >= 15 is 4.39 Å². The van der Waals surface area contributed by atoms with E-state index in [0.717, 1.165) is 12.5 Å². The first-order chi connectivity index (χ1) is 14.4. The number of carboxylic acid groups (broad SMARTS) is 1. The normalized spacial score (nSPS) is 24.8. The van der Waals surface area contributed by atoms with Crippen molar-refractivity contribution in [2.24, 2.45) is 11.8 Å². The Morgan fingerprint density at radius 2 is 2.17 bits per heavy atom. The number of carboxylic acids is 1. The number of carbonyl (C=O) groups is 1. The monoisotopic (exact) mass is 414 g/mol. The van der Waals surface area contributed by atoms with Gasteiger partial charge in [0.1, 0.15) is 16.8 Å². The van der Waals surface area contributed by atoms with Gasteiger partial charge in [-0.3, -0.25) is 14.5 Å². The molecule has 1 aromatic heterocycles. The minimum absolute atomic E-state index is 0.00214. The topological polar surface area (TPSA) is 87.0 Å². The minimum Gasteiger partial charge on any atom is -0.477 e. The maximum atomic E-state index is 15.4. The molecule has 9 heteroatoms. The van der Waals surface area contributed by atoms with Crippen molar-refractivity contribution >= 4 is 22.6 Å². The van der Waals surface area contributed by atoms with E-state index in [-0.39, 0.29) is 12.1 Å². The van der Waals surface area contributed by atoms with E-state index in [1.165, 1.54) is 6.20 Å². The molecule has 1 saturated heterocycles. The summed E-state index contributed by atoms with van der Waals surface area (Å²) < 4.78 is 22.8. The first kappa shape index (κ1) is 18.9. The minimum atomic E-state index is -1.34. The second kappa shape index (κ2) is 6.73. The molecular formula is C21H23FN4O4. The molecule has 3 heterocycles. The molecule has 0 bridgehead atoms. The Labute approximate surface area is 172 Å². The highest BCUT2D eigenvalue weighted by atomic mass is 19.1. The quantitative estimate of drug-likeness (QED) is 0.734. The number of fused-ring (bicyclic) bond motifs is 1. The molecule has 3 atom stereocenters. The smallest absolute Gasteiger partial charge is 0.341 e. The van der Waals surface area contributed by atoms with Crippen molar-refractivity contribution in [1.29, 1.82) is 0 Å². The Morgan fingerprint density at radius 1 is 1.37 bits per heavy atom. The number of ether oxygens (including phenoxy) is 1. The van der Waals surface area contributed by atoms with Crippen LogP contribution < -0.4 is 25.4 Å². The predicted molar refractivity (Wildman–Crippen MR) is 111 cm³/mol. The summed E-state index contributed by atoms with van der Waals surface area (Å²) in [5.41, 5.74) is -0.383. The van der Waals surface area contributed by atoms with Gasteiger partial charge in [0.25, 0.3) is 0 Å². The first-order valence-corrected chi connectivity index (χ1v) is 9.99.